The standard InChI is InChI=1S/C27H28N4/c1-27(2,3)22-14-19(13-17-9-7-8-10-20(17)22)25-21-16-24-23(15-18(21)11-12-29-25)30(5)26(28-4)31(24)6/h7-16H,1-6H3. The zero-order chi connectivity index (χ0) is 21.9. The number of hydrogen-bond donors (Lipinski definition) is 0. The van der Waals surface area contributed by atoms with Gasteiger partial charge in [0.2, 0.25) is 5.62 Å². The Labute approximate surface area is 182 Å². The maximum absolute atomic E-state index is 4.85. The van der Waals surface area contributed by atoms with E-state index in [4.69, 9.17) is 4.98 Å². The smallest absolute Gasteiger partial charge is 0.205 e. The molecule has 0 saturated heterocycles. The lowest BCUT2D eigenvalue weighted by Crippen LogP contribution is -2.21. The quantitative estimate of drug-likeness (QED) is 0.350. The molecule has 2 heterocycles. The van der Waals surface area contributed by atoms with Gasteiger partial charge in [-0.3, -0.25) is 9.98 Å². The van der Waals surface area contributed by atoms with Crippen molar-refractivity contribution in [2.75, 3.05) is 7.05 Å². The summed E-state index contributed by atoms with van der Waals surface area (Å²) in [4.78, 5) is 9.31. The Morgan fingerprint density at radius 3 is 2.19 bits per heavy atom. The van der Waals surface area contributed by atoms with Crippen LogP contribution in [0.4, 0.5) is 0 Å². The highest BCUT2D eigenvalue weighted by Crippen LogP contribution is 2.36. The minimum atomic E-state index is 0.0386. The zero-order valence-electron chi connectivity index (χ0n) is 19.1. The first-order valence-corrected chi connectivity index (χ1v) is 10.7. The number of aromatic nitrogens is 3. The topological polar surface area (TPSA) is 35.1 Å². The molecule has 5 aromatic rings. The Bertz CT molecular complexity index is 1540. The Kier molecular flexibility index (Phi) is 4.30. The van der Waals surface area contributed by atoms with E-state index in [1.54, 1.807) is 0 Å². The summed E-state index contributed by atoms with van der Waals surface area (Å²) in [6, 6.07) is 19.8. The van der Waals surface area contributed by atoms with Gasteiger partial charge in [-0.2, -0.15) is 0 Å². The van der Waals surface area contributed by atoms with Gasteiger partial charge in [0.1, 0.15) is 0 Å². The molecule has 0 unspecified atom stereocenters. The van der Waals surface area contributed by atoms with Crippen LogP contribution in [-0.4, -0.2) is 21.2 Å². The van der Waals surface area contributed by atoms with Crippen molar-refractivity contribution in [3.8, 4) is 11.3 Å². The zero-order valence-corrected chi connectivity index (χ0v) is 19.1. The number of benzene rings is 3. The fourth-order valence-electron chi connectivity index (χ4n) is 4.77. The van der Waals surface area contributed by atoms with Crippen molar-refractivity contribution in [3.05, 3.63) is 72.0 Å². The number of hydrogen-bond acceptors (Lipinski definition) is 2. The van der Waals surface area contributed by atoms with Gasteiger partial charge in [0.05, 0.1) is 16.7 Å². The Morgan fingerprint density at radius 1 is 0.806 bits per heavy atom. The minimum Gasteiger partial charge on any atom is -0.313 e. The van der Waals surface area contributed by atoms with E-state index < -0.39 is 0 Å². The normalized spacial score (nSPS) is 13.0. The highest BCUT2D eigenvalue weighted by molar-refractivity contribution is 6.03. The molecule has 4 heteroatoms. The van der Waals surface area contributed by atoms with Gasteiger partial charge in [0.25, 0.3) is 0 Å². The van der Waals surface area contributed by atoms with E-state index in [9.17, 15) is 0 Å². The third-order valence-corrected chi connectivity index (χ3v) is 6.33. The van der Waals surface area contributed by atoms with Crippen LogP contribution < -0.4 is 5.62 Å². The first-order chi connectivity index (χ1) is 14.8. The molecule has 0 saturated carbocycles. The van der Waals surface area contributed by atoms with Crippen LogP contribution in [0.2, 0.25) is 0 Å². The average molecular weight is 409 g/mol. The molecule has 0 aliphatic heterocycles. The summed E-state index contributed by atoms with van der Waals surface area (Å²) in [5, 5.41) is 4.91. The van der Waals surface area contributed by atoms with Crippen LogP contribution in [0.1, 0.15) is 26.3 Å². The number of imidazole rings is 1. The van der Waals surface area contributed by atoms with Gasteiger partial charge in [-0.05, 0) is 57.5 Å². The molecule has 0 fully saturated rings. The largest absolute Gasteiger partial charge is 0.313 e. The van der Waals surface area contributed by atoms with E-state index in [2.05, 4.69) is 104 Å². The fourth-order valence-corrected chi connectivity index (χ4v) is 4.77. The van der Waals surface area contributed by atoms with Crippen LogP contribution in [0.3, 0.4) is 0 Å². The van der Waals surface area contributed by atoms with E-state index in [0.29, 0.717) is 0 Å². The highest BCUT2D eigenvalue weighted by atomic mass is 15.2. The van der Waals surface area contributed by atoms with Crippen LogP contribution >= 0.6 is 0 Å². The van der Waals surface area contributed by atoms with Crippen LogP contribution in [0, 0.1) is 0 Å². The molecule has 156 valence electrons. The average Bonchev–Trinajstić information content (AvgIpc) is 2.99. The second kappa shape index (κ2) is 6.81. The number of nitrogens with zero attached hydrogens (tertiary/aromatic N) is 4. The summed E-state index contributed by atoms with van der Waals surface area (Å²) in [6.07, 6.45) is 1.92. The van der Waals surface area contributed by atoms with E-state index in [-0.39, 0.29) is 5.41 Å². The monoisotopic (exact) mass is 408 g/mol. The van der Waals surface area contributed by atoms with Crippen molar-refractivity contribution in [1.29, 1.82) is 0 Å². The lowest BCUT2D eigenvalue weighted by Gasteiger charge is -2.23. The van der Waals surface area contributed by atoms with Gasteiger partial charge in [0.15, 0.2) is 0 Å². The molecule has 5 rings (SSSR count). The van der Waals surface area contributed by atoms with Crippen LogP contribution in [0.25, 0.3) is 43.8 Å². The number of aryl methyl sites for hydroxylation is 2. The third-order valence-electron chi connectivity index (χ3n) is 6.33. The van der Waals surface area contributed by atoms with Gasteiger partial charge < -0.3 is 9.13 Å². The van der Waals surface area contributed by atoms with E-state index in [0.717, 1.165) is 27.8 Å². The molecule has 2 aromatic heterocycles. The second-order valence-electron chi connectivity index (χ2n) is 9.36. The molecule has 0 amide bonds. The number of fused-ring (bicyclic) bond motifs is 3. The summed E-state index contributed by atoms with van der Waals surface area (Å²) in [5.41, 5.74) is 6.83. The summed E-state index contributed by atoms with van der Waals surface area (Å²) in [7, 11) is 5.97. The van der Waals surface area contributed by atoms with Crippen LogP contribution in [0.15, 0.2) is 65.8 Å². The Morgan fingerprint density at radius 2 is 1.48 bits per heavy atom. The van der Waals surface area contributed by atoms with Gasteiger partial charge in [-0.25, -0.2) is 0 Å². The SMILES string of the molecule is CN=c1n(C)c2cc3ccnc(-c4cc(C(C)(C)C)c5ccccc5c4)c3cc2n1C. The molecule has 0 aliphatic carbocycles. The lowest BCUT2D eigenvalue weighted by molar-refractivity contribution is 0.596. The van der Waals surface area contributed by atoms with Crippen molar-refractivity contribution in [1.82, 2.24) is 14.1 Å². The highest BCUT2D eigenvalue weighted by Gasteiger charge is 2.19. The van der Waals surface area contributed by atoms with Crippen LogP contribution in [-0.2, 0) is 19.5 Å². The van der Waals surface area contributed by atoms with Gasteiger partial charge >= 0.3 is 0 Å². The molecule has 0 aliphatic rings. The third kappa shape index (κ3) is 2.97. The minimum absolute atomic E-state index is 0.0386. The molecule has 0 radical (unpaired) electrons. The van der Waals surface area contributed by atoms with E-state index >= 15 is 0 Å². The summed E-state index contributed by atoms with van der Waals surface area (Å²) < 4.78 is 4.29. The second-order valence-corrected chi connectivity index (χ2v) is 9.36. The molecule has 0 spiro atoms. The van der Waals surface area contributed by atoms with E-state index in [1.165, 1.54) is 27.2 Å². The maximum atomic E-state index is 4.85. The molecule has 0 atom stereocenters. The predicted octanol–water partition coefficient (Wildman–Crippen LogP) is 5.71. The number of pyridine rings is 1. The first-order valence-electron chi connectivity index (χ1n) is 10.7. The predicted molar refractivity (Wildman–Crippen MR) is 130 cm³/mol. The summed E-state index contributed by atoms with van der Waals surface area (Å²) in [5.74, 6) is 0. The molecule has 0 bridgehead atoms. The van der Waals surface area contributed by atoms with Crippen molar-refractivity contribution >= 4 is 32.6 Å². The van der Waals surface area contributed by atoms with Crippen molar-refractivity contribution in [2.45, 2.75) is 26.2 Å². The van der Waals surface area contributed by atoms with Gasteiger partial charge in [0, 0.05) is 38.3 Å². The molecule has 3 aromatic carbocycles. The Hall–Kier alpha value is -3.40. The summed E-state index contributed by atoms with van der Waals surface area (Å²) in [6.45, 7) is 6.83. The maximum Gasteiger partial charge on any atom is 0.205 e. The van der Waals surface area contributed by atoms with Crippen molar-refractivity contribution in [3.63, 3.8) is 0 Å². The lowest BCUT2D eigenvalue weighted by atomic mass is 9.82. The fraction of sp³-hybridized carbons (Fsp3) is 0.259. The molecular weight excluding hydrogens is 380 g/mol. The van der Waals surface area contributed by atoms with Crippen molar-refractivity contribution in [2.24, 2.45) is 19.1 Å². The molecule has 4 nitrogen and oxygen atoms in total. The van der Waals surface area contributed by atoms with Crippen molar-refractivity contribution < 1.29 is 0 Å². The molecule has 0 N–H and O–H groups in total. The Balaban J connectivity index is 1.87. The van der Waals surface area contributed by atoms with Gasteiger partial charge in [-0.1, -0.05) is 45.0 Å². The molecule has 31 heavy (non-hydrogen) atoms. The first kappa shape index (κ1) is 19.6. The van der Waals surface area contributed by atoms with Crippen LogP contribution in [0.5, 0.6) is 0 Å². The van der Waals surface area contributed by atoms with Gasteiger partial charge in [-0.15, -0.1) is 0 Å². The summed E-state index contributed by atoms with van der Waals surface area (Å²) >= 11 is 0. The van der Waals surface area contributed by atoms with E-state index in [1.807, 2.05) is 13.2 Å². The number of rotatable bonds is 1. The molecular formula is C27H28N4.